The van der Waals surface area contributed by atoms with Gasteiger partial charge in [0.05, 0.1) is 5.56 Å². The highest BCUT2D eigenvalue weighted by Crippen LogP contribution is 2.45. The van der Waals surface area contributed by atoms with Crippen LogP contribution in [-0.2, 0) is 6.54 Å². The van der Waals surface area contributed by atoms with E-state index in [2.05, 4.69) is 54.9 Å². The second-order valence-corrected chi connectivity index (χ2v) is 8.05. The number of aromatic hydroxyl groups is 1. The molecule has 0 radical (unpaired) electrons. The molecule has 1 aromatic heterocycles. The first-order valence-corrected chi connectivity index (χ1v) is 11.0. The second-order valence-electron chi connectivity index (χ2n) is 8.05. The first kappa shape index (κ1) is 21.1. The van der Waals surface area contributed by atoms with Crippen LogP contribution in [0.2, 0.25) is 0 Å². The molecule has 1 aliphatic rings. The predicted molar refractivity (Wildman–Crippen MR) is 121 cm³/mol. The molecule has 0 unspecified atom stereocenters. The van der Waals surface area contributed by atoms with Crippen LogP contribution in [0.4, 0.5) is 0 Å². The van der Waals surface area contributed by atoms with E-state index in [4.69, 9.17) is 10.1 Å². The van der Waals surface area contributed by atoms with Crippen molar-refractivity contribution < 1.29 is 9.84 Å². The average molecular weight is 419 g/mol. The van der Waals surface area contributed by atoms with Gasteiger partial charge in [0.25, 0.3) is 0 Å². The van der Waals surface area contributed by atoms with E-state index < -0.39 is 0 Å². The van der Waals surface area contributed by atoms with Gasteiger partial charge in [-0.05, 0) is 44.6 Å². The third-order valence-corrected chi connectivity index (χ3v) is 6.07. The zero-order chi connectivity index (χ0) is 22.0. The first-order valence-electron chi connectivity index (χ1n) is 11.0. The summed E-state index contributed by atoms with van der Waals surface area (Å²) in [6.07, 6.45) is 2.66. The van der Waals surface area contributed by atoms with Crippen LogP contribution in [-0.4, -0.2) is 39.2 Å². The monoisotopic (exact) mass is 418 g/mol. The van der Waals surface area contributed by atoms with Gasteiger partial charge in [0.2, 0.25) is 5.88 Å². The lowest BCUT2D eigenvalue weighted by atomic mass is 9.83. The minimum atomic E-state index is -0.171. The van der Waals surface area contributed by atoms with E-state index in [-0.39, 0.29) is 11.7 Å². The fourth-order valence-electron chi connectivity index (χ4n) is 4.24. The Balaban J connectivity index is 1.75. The van der Waals surface area contributed by atoms with Crippen molar-refractivity contribution in [1.29, 1.82) is 5.41 Å². The van der Waals surface area contributed by atoms with Crippen LogP contribution in [0.5, 0.6) is 17.4 Å². The molecule has 3 aromatic rings. The van der Waals surface area contributed by atoms with Crippen LogP contribution < -0.4 is 10.2 Å². The molecule has 0 aliphatic carbocycles. The lowest BCUT2D eigenvalue weighted by Gasteiger charge is -2.28. The number of aryl methyl sites for hydroxylation is 2. The normalized spacial score (nSPS) is 14.8. The number of hydrogen-bond donors (Lipinski definition) is 2. The molecule has 0 fully saturated rings. The second kappa shape index (κ2) is 8.94. The first-order chi connectivity index (χ1) is 15.0. The van der Waals surface area contributed by atoms with Crippen molar-refractivity contribution in [2.75, 3.05) is 19.6 Å². The van der Waals surface area contributed by atoms with Gasteiger partial charge in [0, 0.05) is 24.1 Å². The lowest BCUT2D eigenvalue weighted by Crippen LogP contribution is -2.31. The van der Waals surface area contributed by atoms with Gasteiger partial charge >= 0.3 is 0 Å². The van der Waals surface area contributed by atoms with E-state index in [1.807, 2.05) is 10.6 Å². The van der Waals surface area contributed by atoms with Crippen molar-refractivity contribution in [1.82, 2.24) is 14.5 Å². The Hall–Kier alpha value is -3.12. The maximum atomic E-state index is 9.97. The van der Waals surface area contributed by atoms with E-state index in [9.17, 15) is 5.11 Å². The topological polar surface area (TPSA) is 74.4 Å². The summed E-state index contributed by atoms with van der Waals surface area (Å²) >= 11 is 0. The van der Waals surface area contributed by atoms with Crippen LogP contribution in [0.1, 0.15) is 48.4 Å². The molecule has 6 heteroatoms. The molecule has 2 heterocycles. The fraction of sp³-hybridized carbons (Fsp3) is 0.360. The van der Waals surface area contributed by atoms with Crippen molar-refractivity contribution in [2.45, 2.75) is 39.7 Å². The number of ether oxygens (including phenoxy) is 1. The van der Waals surface area contributed by atoms with E-state index in [0.29, 0.717) is 17.1 Å². The molecule has 2 N–H and O–H groups in total. The molecule has 31 heavy (non-hydrogen) atoms. The molecule has 0 spiro atoms. The van der Waals surface area contributed by atoms with Crippen LogP contribution in [0, 0.1) is 12.3 Å². The summed E-state index contributed by atoms with van der Waals surface area (Å²) in [7, 11) is 0. The Morgan fingerprint density at radius 2 is 1.87 bits per heavy atom. The summed E-state index contributed by atoms with van der Waals surface area (Å²) in [5.41, 5.74) is 4.40. The SMILES string of the molecule is CCN(CC)CCCn1cnc2c(c1=N)[C@@H](c1ccc(C)cc1)c1ccc(O)cc1O2. The Bertz CT molecular complexity index is 1120. The molecule has 0 saturated heterocycles. The Labute approximate surface area is 183 Å². The maximum absolute atomic E-state index is 9.97. The number of nitrogens with one attached hydrogen (secondary N) is 1. The van der Waals surface area contributed by atoms with Crippen molar-refractivity contribution in [3.63, 3.8) is 0 Å². The highest BCUT2D eigenvalue weighted by Gasteiger charge is 2.32. The summed E-state index contributed by atoms with van der Waals surface area (Å²) < 4.78 is 7.95. The Morgan fingerprint density at radius 1 is 1.13 bits per heavy atom. The van der Waals surface area contributed by atoms with Gasteiger partial charge in [0.15, 0.2) is 0 Å². The molecule has 6 nitrogen and oxygen atoms in total. The summed E-state index contributed by atoms with van der Waals surface area (Å²) in [5, 5.41) is 19.0. The van der Waals surface area contributed by atoms with Gasteiger partial charge in [-0.1, -0.05) is 49.7 Å². The largest absolute Gasteiger partial charge is 0.508 e. The van der Waals surface area contributed by atoms with E-state index in [0.717, 1.165) is 49.3 Å². The molecule has 1 atom stereocenters. The van der Waals surface area contributed by atoms with Crippen molar-refractivity contribution in [3.8, 4) is 17.4 Å². The van der Waals surface area contributed by atoms with E-state index in [1.54, 1.807) is 18.5 Å². The van der Waals surface area contributed by atoms with Gasteiger partial charge < -0.3 is 19.3 Å². The molecule has 4 rings (SSSR count). The molecular formula is C25H30N4O2. The lowest BCUT2D eigenvalue weighted by molar-refractivity contribution is 0.291. The zero-order valence-electron chi connectivity index (χ0n) is 18.4. The number of nitrogens with zero attached hydrogens (tertiary/aromatic N) is 3. The summed E-state index contributed by atoms with van der Waals surface area (Å²) in [4.78, 5) is 6.95. The van der Waals surface area contributed by atoms with Crippen LogP contribution in [0.3, 0.4) is 0 Å². The number of phenolic OH excluding ortho intramolecular Hbond substituents is 1. The summed E-state index contributed by atoms with van der Waals surface area (Å²) in [6.45, 7) is 10.2. The van der Waals surface area contributed by atoms with Gasteiger partial charge in [-0.3, -0.25) is 5.41 Å². The summed E-state index contributed by atoms with van der Waals surface area (Å²) in [6, 6.07) is 13.6. The number of aromatic nitrogens is 2. The number of hydrogen-bond acceptors (Lipinski definition) is 5. The van der Waals surface area contributed by atoms with Gasteiger partial charge in [0.1, 0.15) is 23.3 Å². The third kappa shape index (κ3) is 4.21. The predicted octanol–water partition coefficient (Wildman–Crippen LogP) is 4.39. The quantitative estimate of drug-likeness (QED) is 0.467. The van der Waals surface area contributed by atoms with E-state index in [1.165, 1.54) is 5.56 Å². The van der Waals surface area contributed by atoms with Crippen molar-refractivity contribution >= 4 is 0 Å². The van der Waals surface area contributed by atoms with Gasteiger partial charge in [-0.15, -0.1) is 0 Å². The number of fused-ring (bicyclic) bond motifs is 2. The van der Waals surface area contributed by atoms with Gasteiger partial charge in [-0.25, -0.2) is 4.98 Å². The minimum Gasteiger partial charge on any atom is -0.508 e. The number of phenols is 1. The Kier molecular flexibility index (Phi) is 6.09. The standard InChI is InChI=1S/C25H30N4O2/c1-4-28(5-2)13-6-14-29-16-27-25-23(24(29)26)22(18-9-7-17(3)8-10-18)20-12-11-19(30)15-21(20)31-25/h7-12,15-16,22,26,30H,4-6,13-14H2,1-3H3/t22-/m0/s1. The fourth-order valence-corrected chi connectivity index (χ4v) is 4.24. The molecule has 0 bridgehead atoms. The maximum Gasteiger partial charge on any atom is 0.228 e. The molecule has 0 saturated carbocycles. The minimum absolute atomic E-state index is 0.151. The van der Waals surface area contributed by atoms with E-state index >= 15 is 0 Å². The number of rotatable bonds is 7. The Morgan fingerprint density at radius 3 is 2.58 bits per heavy atom. The molecule has 162 valence electrons. The van der Waals surface area contributed by atoms with Crippen LogP contribution >= 0.6 is 0 Å². The molecule has 2 aromatic carbocycles. The summed E-state index contributed by atoms with van der Waals surface area (Å²) in [5.74, 6) is 1.01. The molecule has 1 aliphatic heterocycles. The third-order valence-electron chi connectivity index (χ3n) is 6.07. The average Bonchev–Trinajstić information content (AvgIpc) is 2.77. The van der Waals surface area contributed by atoms with Crippen molar-refractivity contribution in [3.05, 3.63) is 76.5 Å². The van der Waals surface area contributed by atoms with Crippen molar-refractivity contribution in [2.24, 2.45) is 0 Å². The molecule has 0 amide bonds. The highest BCUT2D eigenvalue weighted by molar-refractivity contribution is 5.57. The van der Waals surface area contributed by atoms with Gasteiger partial charge in [-0.2, -0.15) is 0 Å². The van der Waals surface area contributed by atoms with Crippen LogP contribution in [0.25, 0.3) is 0 Å². The van der Waals surface area contributed by atoms with Crippen LogP contribution in [0.15, 0.2) is 48.8 Å². The zero-order valence-corrected chi connectivity index (χ0v) is 18.4. The highest BCUT2D eigenvalue weighted by atomic mass is 16.5. The smallest absolute Gasteiger partial charge is 0.228 e. The molecular weight excluding hydrogens is 388 g/mol. The number of benzene rings is 2.